The number of piperidine rings is 1. The van der Waals surface area contributed by atoms with E-state index in [1.54, 1.807) is 12.5 Å². The van der Waals surface area contributed by atoms with E-state index >= 15 is 0 Å². The predicted molar refractivity (Wildman–Crippen MR) is 89.6 cm³/mol. The predicted octanol–water partition coefficient (Wildman–Crippen LogP) is 2.48. The summed E-state index contributed by atoms with van der Waals surface area (Å²) in [5.41, 5.74) is 0. The van der Waals surface area contributed by atoms with Crippen molar-refractivity contribution in [2.75, 3.05) is 18.4 Å². The summed E-state index contributed by atoms with van der Waals surface area (Å²) in [5.74, 6) is 1.66. The fourth-order valence-electron chi connectivity index (χ4n) is 3.82. The first-order valence-corrected chi connectivity index (χ1v) is 8.71. The molecule has 0 aromatic carbocycles. The van der Waals surface area contributed by atoms with E-state index < -0.39 is 0 Å². The standard InChI is InChI=1S/C17H24N6/c1-2-4-15(3-1)22-10-7-14(8-11-22)19-16-5-6-17(21-20-16)23-12-9-18-13-23/h5-6,9,12-15H,1-4,7-8,10-11H2,(H,19,20). The Morgan fingerprint density at radius 1 is 1.00 bits per heavy atom. The molecule has 1 saturated heterocycles. The first kappa shape index (κ1) is 14.6. The number of nitrogens with zero attached hydrogens (tertiary/aromatic N) is 5. The first-order valence-electron chi connectivity index (χ1n) is 8.71. The Hall–Kier alpha value is -1.95. The maximum atomic E-state index is 4.30. The second-order valence-corrected chi connectivity index (χ2v) is 6.64. The first-order chi connectivity index (χ1) is 11.4. The van der Waals surface area contributed by atoms with Gasteiger partial charge in [0.15, 0.2) is 5.82 Å². The van der Waals surface area contributed by atoms with Crippen LogP contribution in [0.2, 0.25) is 0 Å². The zero-order valence-electron chi connectivity index (χ0n) is 13.4. The number of rotatable bonds is 4. The molecule has 0 atom stereocenters. The van der Waals surface area contributed by atoms with Crippen molar-refractivity contribution in [3.8, 4) is 5.82 Å². The van der Waals surface area contributed by atoms with E-state index in [-0.39, 0.29) is 0 Å². The van der Waals surface area contributed by atoms with Crippen LogP contribution >= 0.6 is 0 Å². The molecule has 2 aromatic heterocycles. The highest BCUT2D eigenvalue weighted by atomic mass is 15.2. The molecule has 1 aliphatic heterocycles. The second-order valence-electron chi connectivity index (χ2n) is 6.64. The van der Waals surface area contributed by atoms with Crippen LogP contribution in [0.3, 0.4) is 0 Å². The van der Waals surface area contributed by atoms with Crippen molar-refractivity contribution >= 4 is 5.82 Å². The van der Waals surface area contributed by atoms with Gasteiger partial charge in [0.1, 0.15) is 12.1 Å². The molecule has 2 fully saturated rings. The fourth-order valence-corrected chi connectivity index (χ4v) is 3.82. The average molecular weight is 312 g/mol. The van der Waals surface area contributed by atoms with E-state index in [1.807, 2.05) is 22.9 Å². The largest absolute Gasteiger partial charge is 0.366 e. The van der Waals surface area contributed by atoms with Gasteiger partial charge in [-0.15, -0.1) is 10.2 Å². The van der Waals surface area contributed by atoms with Crippen molar-refractivity contribution in [3.05, 3.63) is 30.9 Å². The van der Waals surface area contributed by atoms with Crippen molar-refractivity contribution in [2.24, 2.45) is 0 Å². The van der Waals surface area contributed by atoms with Gasteiger partial charge in [0.25, 0.3) is 0 Å². The molecule has 0 radical (unpaired) electrons. The molecule has 2 aliphatic rings. The van der Waals surface area contributed by atoms with E-state index in [4.69, 9.17) is 0 Å². The molecule has 3 heterocycles. The van der Waals surface area contributed by atoms with Crippen molar-refractivity contribution in [3.63, 3.8) is 0 Å². The molecule has 0 amide bonds. The van der Waals surface area contributed by atoms with Crippen LogP contribution in [0, 0.1) is 0 Å². The summed E-state index contributed by atoms with van der Waals surface area (Å²) in [7, 11) is 0. The molecule has 0 spiro atoms. The number of hydrogen-bond donors (Lipinski definition) is 1. The lowest BCUT2D eigenvalue weighted by atomic mass is 10.0. The van der Waals surface area contributed by atoms with Crippen LogP contribution in [-0.4, -0.2) is 49.8 Å². The molecule has 122 valence electrons. The number of likely N-dealkylation sites (tertiary alicyclic amines) is 1. The third-order valence-corrected chi connectivity index (χ3v) is 5.14. The molecule has 4 rings (SSSR count). The molecular weight excluding hydrogens is 288 g/mol. The summed E-state index contributed by atoms with van der Waals surface area (Å²) in [6.45, 7) is 2.42. The zero-order chi connectivity index (χ0) is 15.5. The number of imidazole rings is 1. The minimum Gasteiger partial charge on any atom is -0.366 e. The molecular formula is C17H24N6. The van der Waals surface area contributed by atoms with Crippen molar-refractivity contribution in [1.29, 1.82) is 0 Å². The molecule has 1 saturated carbocycles. The van der Waals surface area contributed by atoms with Crippen LogP contribution in [0.25, 0.3) is 5.82 Å². The van der Waals surface area contributed by atoms with E-state index in [0.29, 0.717) is 6.04 Å². The zero-order valence-corrected chi connectivity index (χ0v) is 13.4. The SMILES string of the molecule is c1cn(-c2ccc(NC3CCN(C4CCCC4)CC3)nn2)cn1. The monoisotopic (exact) mass is 312 g/mol. The summed E-state index contributed by atoms with van der Waals surface area (Å²) in [6.07, 6.45) is 13.4. The van der Waals surface area contributed by atoms with Crippen LogP contribution in [0.1, 0.15) is 38.5 Å². The third-order valence-electron chi connectivity index (χ3n) is 5.14. The Kier molecular flexibility index (Phi) is 4.24. The molecule has 2 aromatic rings. The highest BCUT2D eigenvalue weighted by Gasteiger charge is 2.27. The van der Waals surface area contributed by atoms with Gasteiger partial charge in [-0.25, -0.2) is 4.98 Å². The number of aromatic nitrogens is 4. The highest BCUT2D eigenvalue weighted by molar-refractivity contribution is 5.37. The lowest BCUT2D eigenvalue weighted by molar-refractivity contribution is 0.159. The van der Waals surface area contributed by atoms with Gasteiger partial charge in [-0.2, -0.15) is 0 Å². The summed E-state index contributed by atoms with van der Waals surface area (Å²) >= 11 is 0. The Morgan fingerprint density at radius 2 is 1.83 bits per heavy atom. The molecule has 0 bridgehead atoms. The Bertz CT molecular complexity index is 595. The van der Waals surface area contributed by atoms with Gasteiger partial charge >= 0.3 is 0 Å². The highest BCUT2D eigenvalue weighted by Crippen LogP contribution is 2.26. The van der Waals surface area contributed by atoms with Gasteiger partial charge in [0, 0.05) is 37.6 Å². The van der Waals surface area contributed by atoms with Crippen LogP contribution < -0.4 is 5.32 Å². The fraction of sp³-hybridized carbons (Fsp3) is 0.588. The lowest BCUT2D eigenvalue weighted by Gasteiger charge is -2.36. The van der Waals surface area contributed by atoms with Gasteiger partial charge < -0.3 is 10.2 Å². The molecule has 1 N–H and O–H groups in total. The van der Waals surface area contributed by atoms with Crippen molar-refractivity contribution < 1.29 is 0 Å². The second kappa shape index (κ2) is 6.66. The van der Waals surface area contributed by atoms with E-state index in [1.165, 1.54) is 51.6 Å². The molecule has 6 heteroatoms. The average Bonchev–Trinajstić information content (AvgIpc) is 3.30. The Balaban J connectivity index is 1.31. The maximum absolute atomic E-state index is 4.30. The smallest absolute Gasteiger partial charge is 0.160 e. The van der Waals surface area contributed by atoms with E-state index in [9.17, 15) is 0 Å². The third kappa shape index (κ3) is 3.37. The Morgan fingerprint density at radius 3 is 2.48 bits per heavy atom. The summed E-state index contributed by atoms with van der Waals surface area (Å²) in [6, 6.07) is 5.35. The van der Waals surface area contributed by atoms with Crippen molar-refractivity contribution in [2.45, 2.75) is 50.6 Å². The summed E-state index contributed by atoms with van der Waals surface area (Å²) < 4.78 is 1.86. The van der Waals surface area contributed by atoms with Gasteiger partial charge in [-0.3, -0.25) is 4.57 Å². The molecule has 6 nitrogen and oxygen atoms in total. The summed E-state index contributed by atoms with van der Waals surface area (Å²) in [4.78, 5) is 6.72. The van der Waals surface area contributed by atoms with Gasteiger partial charge in [-0.1, -0.05) is 12.8 Å². The number of anilines is 1. The minimum atomic E-state index is 0.515. The minimum absolute atomic E-state index is 0.515. The van der Waals surface area contributed by atoms with Crippen LogP contribution in [0.4, 0.5) is 5.82 Å². The lowest BCUT2D eigenvalue weighted by Crippen LogP contribution is -2.43. The topological polar surface area (TPSA) is 58.9 Å². The molecule has 23 heavy (non-hydrogen) atoms. The number of hydrogen-bond acceptors (Lipinski definition) is 5. The summed E-state index contributed by atoms with van der Waals surface area (Å²) in [5, 5.41) is 12.1. The molecule has 1 aliphatic carbocycles. The van der Waals surface area contributed by atoms with Gasteiger partial charge in [0.05, 0.1) is 0 Å². The van der Waals surface area contributed by atoms with E-state index in [2.05, 4.69) is 25.4 Å². The maximum Gasteiger partial charge on any atom is 0.160 e. The van der Waals surface area contributed by atoms with Gasteiger partial charge in [-0.05, 0) is 37.8 Å². The van der Waals surface area contributed by atoms with Crippen molar-refractivity contribution in [1.82, 2.24) is 24.6 Å². The van der Waals surface area contributed by atoms with Crippen LogP contribution in [-0.2, 0) is 0 Å². The quantitative estimate of drug-likeness (QED) is 0.940. The van der Waals surface area contributed by atoms with E-state index in [0.717, 1.165) is 17.7 Å². The van der Waals surface area contributed by atoms with Crippen LogP contribution in [0.15, 0.2) is 30.9 Å². The van der Waals surface area contributed by atoms with Crippen LogP contribution in [0.5, 0.6) is 0 Å². The Labute approximate surface area is 136 Å². The number of nitrogens with one attached hydrogen (secondary N) is 1. The molecule has 0 unspecified atom stereocenters. The normalized spacial score (nSPS) is 20.9. The van der Waals surface area contributed by atoms with Gasteiger partial charge in [0.2, 0.25) is 0 Å².